The summed E-state index contributed by atoms with van der Waals surface area (Å²) in [5.74, 6) is 2.40. The third kappa shape index (κ3) is 3.60. The number of guanidine groups is 1. The Hall–Kier alpha value is -1.52. The monoisotopic (exact) mass is 332 g/mol. The number of nitrogens with one attached hydrogen (secondary N) is 1. The molecule has 0 unspecified atom stereocenters. The SMILES string of the molecule is CCC(CC)c1cc(CNC(=NC)N2CCC3(CCCC3)C2)on1. The number of rotatable bonds is 5. The number of hydrogen-bond acceptors (Lipinski definition) is 3. The average Bonchev–Trinajstić information content (AvgIpc) is 3.33. The fraction of sp³-hybridized carbons (Fsp3) is 0.789. The Morgan fingerprint density at radius 1 is 1.33 bits per heavy atom. The van der Waals surface area contributed by atoms with Crippen LogP contribution in [-0.2, 0) is 6.54 Å². The van der Waals surface area contributed by atoms with E-state index in [4.69, 9.17) is 4.52 Å². The van der Waals surface area contributed by atoms with Crippen molar-refractivity contribution in [3.05, 3.63) is 17.5 Å². The molecule has 2 aliphatic rings. The van der Waals surface area contributed by atoms with Crippen molar-refractivity contribution >= 4 is 5.96 Å². The van der Waals surface area contributed by atoms with Gasteiger partial charge in [0, 0.05) is 32.1 Å². The molecule has 1 saturated heterocycles. The summed E-state index contributed by atoms with van der Waals surface area (Å²) in [5.41, 5.74) is 1.64. The minimum Gasteiger partial charge on any atom is -0.359 e. The third-order valence-electron chi connectivity index (χ3n) is 6.02. The van der Waals surface area contributed by atoms with Crippen molar-refractivity contribution in [3.63, 3.8) is 0 Å². The lowest BCUT2D eigenvalue weighted by molar-refractivity contribution is 0.308. The maximum atomic E-state index is 5.51. The summed E-state index contributed by atoms with van der Waals surface area (Å²) in [6.45, 7) is 7.34. The number of aromatic nitrogens is 1. The number of hydrogen-bond donors (Lipinski definition) is 1. The lowest BCUT2D eigenvalue weighted by Crippen LogP contribution is -2.40. The first kappa shape index (κ1) is 17.3. The third-order valence-corrected chi connectivity index (χ3v) is 6.02. The zero-order valence-electron chi connectivity index (χ0n) is 15.5. The van der Waals surface area contributed by atoms with Crippen molar-refractivity contribution in [3.8, 4) is 0 Å². The Kier molecular flexibility index (Phi) is 5.47. The van der Waals surface area contributed by atoms with Crippen molar-refractivity contribution < 1.29 is 4.52 Å². The van der Waals surface area contributed by atoms with Crippen molar-refractivity contribution in [2.45, 2.75) is 71.3 Å². The molecule has 0 atom stereocenters. The van der Waals surface area contributed by atoms with E-state index in [9.17, 15) is 0 Å². The van der Waals surface area contributed by atoms with Crippen molar-refractivity contribution in [2.75, 3.05) is 20.1 Å². The summed E-state index contributed by atoms with van der Waals surface area (Å²) < 4.78 is 5.51. The van der Waals surface area contributed by atoms with Gasteiger partial charge in [-0.1, -0.05) is 31.8 Å². The van der Waals surface area contributed by atoms with Gasteiger partial charge in [0.15, 0.2) is 11.7 Å². The van der Waals surface area contributed by atoms with E-state index in [0.717, 1.165) is 43.3 Å². The quantitative estimate of drug-likeness (QED) is 0.656. The highest BCUT2D eigenvalue weighted by atomic mass is 16.5. The second-order valence-corrected chi connectivity index (χ2v) is 7.51. The van der Waals surface area contributed by atoms with E-state index < -0.39 is 0 Å². The topological polar surface area (TPSA) is 53.7 Å². The van der Waals surface area contributed by atoms with Gasteiger partial charge in [-0.2, -0.15) is 0 Å². The molecule has 134 valence electrons. The number of likely N-dealkylation sites (tertiary alicyclic amines) is 1. The summed E-state index contributed by atoms with van der Waals surface area (Å²) >= 11 is 0. The van der Waals surface area contributed by atoms with Crippen LogP contribution in [0.15, 0.2) is 15.6 Å². The van der Waals surface area contributed by atoms with Crippen LogP contribution in [0, 0.1) is 5.41 Å². The van der Waals surface area contributed by atoms with Crippen LogP contribution in [0.4, 0.5) is 0 Å². The fourth-order valence-corrected chi connectivity index (χ4v) is 4.46. The molecule has 0 bridgehead atoms. The summed E-state index contributed by atoms with van der Waals surface area (Å²) in [6, 6.07) is 2.10. The Labute approximate surface area is 145 Å². The molecule has 2 heterocycles. The first-order valence-corrected chi connectivity index (χ1v) is 9.61. The lowest BCUT2D eigenvalue weighted by atomic mass is 9.86. The average molecular weight is 332 g/mol. The van der Waals surface area contributed by atoms with Crippen LogP contribution in [0.1, 0.15) is 76.2 Å². The molecule has 5 heteroatoms. The molecular formula is C19H32N4O. The molecular weight excluding hydrogens is 300 g/mol. The summed E-state index contributed by atoms with van der Waals surface area (Å²) in [6.07, 6.45) is 9.10. The molecule has 0 radical (unpaired) electrons. The van der Waals surface area contributed by atoms with Crippen LogP contribution in [-0.4, -0.2) is 36.2 Å². The van der Waals surface area contributed by atoms with E-state index in [1.807, 2.05) is 7.05 Å². The molecule has 0 amide bonds. The van der Waals surface area contributed by atoms with E-state index in [2.05, 4.69) is 40.3 Å². The largest absolute Gasteiger partial charge is 0.359 e. The van der Waals surface area contributed by atoms with Gasteiger partial charge in [-0.3, -0.25) is 4.99 Å². The predicted octanol–water partition coefficient (Wildman–Crippen LogP) is 3.92. The molecule has 1 spiro atoms. The smallest absolute Gasteiger partial charge is 0.194 e. The molecule has 1 saturated carbocycles. The molecule has 1 N–H and O–H groups in total. The maximum Gasteiger partial charge on any atom is 0.194 e. The highest BCUT2D eigenvalue weighted by Crippen LogP contribution is 2.45. The first-order valence-electron chi connectivity index (χ1n) is 9.61. The summed E-state index contributed by atoms with van der Waals surface area (Å²) in [7, 11) is 1.87. The number of aliphatic imine (C=N–C) groups is 1. The van der Waals surface area contributed by atoms with Crippen LogP contribution in [0.3, 0.4) is 0 Å². The Morgan fingerprint density at radius 2 is 2.08 bits per heavy atom. The molecule has 1 aliphatic heterocycles. The highest BCUT2D eigenvalue weighted by Gasteiger charge is 2.41. The molecule has 1 aromatic rings. The van der Waals surface area contributed by atoms with Gasteiger partial charge < -0.3 is 14.7 Å². The van der Waals surface area contributed by atoms with Gasteiger partial charge in [-0.15, -0.1) is 0 Å². The Balaban J connectivity index is 1.55. The van der Waals surface area contributed by atoms with E-state index >= 15 is 0 Å². The molecule has 1 aromatic heterocycles. The van der Waals surface area contributed by atoms with Gasteiger partial charge in [0.25, 0.3) is 0 Å². The first-order chi connectivity index (χ1) is 11.7. The van der Waals surface area contributed by atoms with Crippen LogP contribution in [0.5, 0.6) is 0 Å². The van der Waals surface area contributed by atoms with E-state index in [1.54, 1.807) is 0 Å². The standard InChI is InChI=1S/C19H32N4O/c1-4-15(5-2)17-12-16(24-22-17)13-21-18(20-3)23-11-10-19(14-23)8-6-7-9-19/h12,15H,4-11,13-14H2,1-3H3,(H,20,21). The Bertz CT molecular complexity index is 555. The van der Waals surface area contributed by atoms with Gasteiger partial charge in [-0.05, 0) is 37.5 Å². The molecule has 2 fully saturated rings. The van der Waals surface area contributed by atoms with Gasteiger partial charge in [0.2, 0.25) is 0 Å². The predicted molar refractivity (Wildman–Crippen MR) is 97.1 cm³/mol. The van der Waals surface area contributed by atoms with Gasteiger partial charge >= 0.3 is 0 Å². The van der Waals surface area contributed by atoms with Crippen LogP contribution in [0.25, 0.3) is 0 Å². The molecule has 5 nitrogen and oxygen atoms in total. The van der Waals surface area contributed by atoms with Crippen molar-refractivity contribution in [1.82, 2.24) is 15.4 Å². The van der Waals surface area contributed by atoms with E-state index in [-0.39, 0.29) is 0 Å². The molecule has 1 aliphatic carbocycles. The fourth-order valence-electron chi connectivity index (χ4n) is 4.46. The molecule has 0 aromatic carbocycles. The van der Waals surface area contributed by atoms with E-state index in [0.29, 0.717) is 17.9 Å². The maximum absolute atomic E-state index is 5.51. The van der Waals surface area contributed by atoms with Gasteiger partial charge in [0.05, 0.1) is 12.2 Å². The minimum atomic E-state index is 0.502. The van der Waals surface area contributed by atoms with Gasteiger partial charge in [0.1, 0.15) is 0 Å². The lowest BCUT2D eigenvalue weighted by Gasteiger charge is -2.25. The second-order valence-electron chi connectivity index (χ2n) is 7.51. The molecule has 24 heavy (non-hydrogen) atoms. The van der Waals surface area contributed by atoms with Crippen molar-refractivity contribution in [1.29, 1.82) is 0 Å². The highest BCUT2D eigenvalue weighted by molar-refractivity contribution is 5.80. The zero-order chi connectivity index (χ0) is 17.0. The van der Waals surface area contributed by atoms with Crippen molar-refractivity contribution in [2.24, 2.45) is 10.4 Å². The van der Waals surface area contributed by atoms with Crippen LogP contribution in [0.2, 0.25) is 0 Å². The second kappa shape index (κ2) is 7.58. The normalized spacial score (nSPS) is 20.5. The van der Waals surface area contributed by atoms with E-state index in [1.165, 1.54) is 32.1 Å². The minimum absolute atomic E-state index is 0.502. The molecule has 3 rings (SSSR count). The van der Waals surface area contributed by atoms with Crippen LogP contribution < -0.4 is 5.32 Å². The summed E-state index contributed by atoms with van der Waals surface area (Å²) in [5, 5.41) is 7.71. The van der Waals surface area contributed by atoms with Crippen LogP contribution >= 0.6 is 0 Å². The number of nitrogens with zero attached hydrogens (tertiary/aromatic N) is 3. The van der Waals surface area contributed by atoms with Gasteiger partial charge in [-0.25, -0.2) is 0 Å². The summed E-state index contributed by atoms with van der Waals surface area (Å²) in [4.78, 5) is 6.90. The Morgan fingerprint density at radius 3 is 2.75 bits per heavy atom. The zero-order valence-corrected chi connectivity index (χ0v) is 15.5.